The molecule has 0 bridgehead atoms. The largest absolute Gasteiger partial charge is 0.380 e. The summed E-state index contributed by atoms with van der Waals surface area (Å²) in [6, 6.07) is 6.68. The Kier molecular flexibility index (Phi) is 4.67. The van der Waals surface area contributed by atoms with E-state index in [1.165, 1.54) is 10.4 Å². The minimum atomic E-state index is -3.54. The molecule has 2 rings (SSSR count). The molecule has 0 aromatic heterocycles. The van der Waals surface area contributed by atoms with Crippen molar-refractivity contribution in [3.63, 3.8) is 0 Å². The number of sulfonamides is 1. The molecule has 114 valence electrons. The normalized spacial score (nSPS) is 23.7. The van der Waals surface area contributed by atoms with Crippen LogP contribution in [0.1, 0.15) is 24.5 Å². The van der Waals surface area contributed by atoms with Gasteiger partial charge in [0.1, 0.15) is 0 Å². The average Bonchev–Trinajstić information content (AvgIpc) is 2.47. The second-order valence-electron chi connectivity index (χ2n) is 5.50. The summed E-state index contributed by atoms with van der Waals surface area (Å²) in [7, 11) is -1.92. The summed E-state index contributed by atoms with van der Waals surface area (Å²) in [5, 5.41) is 8.87. The smallest absolute Gasteiger partial charge is 0.243 e. The number of piperidine rings is 1. The molecule has 6 heteroatoms. The Morgan fingerprint density at radius 3 is 2.71 bits per heavy atom. The minimum absolute atomic E-state index is 0.0767. The number of hydrogen-bond acceptors (Lipinski definition) is 4. The van der Waals surface area contributed by atoms with Crippen molar-refractivity contribution in [3.05, 3.63) is 29.3 Å². The Morgan fingerprint density at radius 1 is 1.43 bits per heavy atom. The van der Waals surface area contributed by atoms with Crippen LogP contribution in [0.5, 0.6) is 0 Å². The summed E-state index contributed by atoms with van der Waals surface area (Å²) < 4.78 is 32.4. The number of benzene rings is 1. The fourth-order valence-electron chi connectivity index (χ4n) is 2.68. The number of nitriles is 1. The van der Waals surface area contributed by atoms with E-state index in [4.69, 9.17) is 10.00 Å². The third-order valence-corrected chi connectivity index (χ3v) is 6.10. The predicted molar refractivity (Wildman–Crippen MR) is 79.2 cm³/mol. The van der Waals surface area contributed by atoms with E-state index in [1.54, 1.807) is 26.2 Å². The maximum absolute atomic E-state index is 12.8. The Morgan fingerprint density at radius 2 is 2.14 bits per heavy atom. The van der Waals surface area contributed by atoms with E-state index in [0.29, 0.717) is 30.1 Å². The Hall–Kier alpha value is -1.42. The van der Waals surface area contributed by atoms with E-state index >= 15 is 0 Å². The fraction of sp³-hybridized carbons (Fsp3) is 0.533. The standard InChI is InChI=1S/C15H20N2O3S/c1-11-6-7-17(10-14(11)20-3)21(18,19)15-5-4-13(9-16)8-12(15)2/h4-5,8,11,14H,6-7,10H2,1-3H3. The van der Waals surface area contributed by atoms with Gasteiger partial charge in [-0.2, -0.15) is 9.57 Å². The Labute approximate surface area is 126 Å². The highest BCUT2D eigenvalue weighted by molar-refractivity contribution is 7.89. The summed E-state index contributed by atoms with van der Waals surface area (Å²) in [6.45, 7) is 4.67. The summed E-state index contributed by atoms with van der Waals surface area (Å²) in [5.41, 5.74) is 1.06. The SMILES string of the molecule is COC1CN(S(=O)(=O)c2ccc(C#N)cc2C)CCC1C. The molecule has 0 N–H and O–H groups in total. The Balaban J connectivity index is 2.32. The van der Waals surface area contributed by atoms with Crippen molar-refractivity contribution in [2.75, 3.05) is 20.2 Å². The molecule has 1 heterocycles. The second kappa shape index (κ2) is 6.14. The number of aryl methyl sites for hydroxylation is 1. The van der Waals surface area contributed by atoms with Gasteiger partial charge in [-0.1, -0.05) is 6.92 Å². The van der Waals surface area contributed by atoms with Gasteiger partial charge in [0.05, 0.1) is 22.6 Å². The van der Waals surface area contributed by atoms with Gasteiger partial charge in [-0.25, -0.2) is 8.42 Å². The van der Waals surface area contributed by atoms with Crippen LogP contribution in [0.4, 0.5) is 0 Å². The van der Waals surface area contributed by atoms with Crippen molar-refractivity contribution in [2.24, 2.45) is 5.92 Å². The third-order valence-electron chi connectivity index (χ3n) is 4.08. The summed E-state index contributed by atoms with van der Waals surface area (Å²) in [5.74, 6) is 0.350. The molecule has 1 saturated heterocycles. The van der Waals surface area contributed by atoms with Gasteiger partial charge in [-0.05, 0) is 43.0 Å². The van der Waals surface area contributed by atoms with E-state index in [1.807, 2.05) is 6.07 Å². The van der Waals surface area contributed by atoms with Crippen LogP contribution >= 0.6 is 0 Å². The molecule has 1 aliphatic rings. The van der Waals surface area contributed by atoms with E-state index < -0.39 is 10.0 Å². The van der Waals surface area contributed by atoms with Gasteiger partial charge in [0.15, 0.2) is 0 Å². The molecule has 0 radical (unpaired) electrons. The van der Waals surface area contributed by atoms with Crippen molar-refractivity contribution < 1.29 is 13.2 Å². The summed E-state index contributed by atoms with van der Waals surface area (Å²) in [4.78, 5) is 0.269. The maximum Gasteiger partial charge on any atom is 0.243 e. The first-order valence-electron chi connectivity index (χ1n) is 6.94. The number of methoxy groups -OCH3 is 1. The molecule has 2 atom stereocenters. The number of nitrogens with zero attached hydrogens (tertiary/aromatic N) is 2. The van der Waals surface area contributed by atoms with Crippen molar-refractivity contribution in [2.45, 2.75) is 31.3 Å². The molecular formula is C15H20N2O3S. The lowest BCUT2D eigenvalue weighted by molar-refractivity contribution is 0.0183. The van der Waals surface area contributed by atoms with Crippen LogP contribution in [0.2, 0.25) is 0 Å². The van der Waals surface area contributed by atoms with E-state index in [9.17, 15) is 8.42 Å². The first-order chi connectivity index (χ1) is 9.90. The topological polar surface area (TPSA) is 70.4 Å². The fourth-order valence-corrected chi connectivity index (χ4v) is 4.35. The van der Waals surface area contributed by atoms with Crippen molar-refractivity contribution in [3.8, 4) is 6.07 Å². The molecule has 1 aromatic rings. The minimum Gasteiger partial charge on any atom is -0.380 e. The zero-order valence-electron chi connectivity index (χ0n) is 12.5. The Bertz CT molecular complexity index is 664. The van der Waals surface area contributed by atoms with E-state index in [0.717, 1.165) is 6.42 Å². The van der Waals surface area contributed by atoms with Gasteiger partial charge in [0, 0.05) is 20.2 Å². The third kappa shape index (κ3) is 3.10. The summed E-state index contributed by atoms with van der Waals surface area (Å²) >= 11 is 0. The molecule has 5 nitrogen and oxygen atoms in total. The number of rotatable bonds is 3. The molecule has 1 fully saturated rings. The van der Waals surface area contributed by atoms with Gasteiger partial charge in [0.25, 0.3) is 0 Å². The molecule has 0 aliphatic carbocycles. The van der Waals surface area contributed by atoms with Crippen LogP contribution in [-0.2, 0) is 14.8 Å². The van der Waals surface area contributed by atoms with Crippen LogP contribution < -0.4 is 0 Å². The van der Waals surface area contributed by atoms with Gasteiger partial charge in [-0.3, -0.25) is 0 Å². The van der Waals surface area contributed by atoms with Crippen LogP contribution in [0.15, 0.2) is 23.1 Å². The quantitative estimate of drug-likeness (QED) is 0.855. The number of ether oxygens (including phenoxy) is 1. The van der Waals surface area contributed by atoms with Crippen molar-refractivity contribution in [1.29, 1.82) is 5.26 Å². The molecule has 1 aromatic carbocycles. The van der Waals surface area contributed by atoms with Gasteiger partial charge < -0.3 is 4.74 Å². The highest BCUT2D eigenvalue weighted by Crippen LogP contribution is 2.27. The highest BCUT2D eigenvalue weighted by atomic mass is 32.2. The van der Waals surface area contributed by atoms with E-state index in [-0.39, 0.29) is 11.0 Å². The zero-order valence-corrected chi connectivity index (χ0v) is 13.4. The lowest BCUT2D eigenvalue weighted by atomic mass is 9.97. The monoisotopic (exact) mass is 308 g/mol. The van der Waals surface area contributed by atoms with Crippen molar-refractivity contribution >= 4 is 10.0 Å². The van der Waals surface area contributed by atoms with Gasteiger partial charge >= 0.3 is 0 Å². The molecule has 2 unspecified atom stereocenters. The highest BCUT2D eigenvalue weighted by Gasteiger charge is 2.34. The summed E-state index contributed by atoms with van der Waals surface area (Å²) in [6.07, 6.45) is 0.708. The molecular weight excluding hydrogens is 288 g/mol. The zero-order chi connectivity index (χ0) is 15.6. The van der Waals surface area contributed by atoms with Crippen LogP contribution in [0, 0.1) is 24.2 Å². The lowest BCUT2D eigenvalue weighted by Gasteiger charge is -2.35. The first-order valence-corrected chi connectivity index (χ1v) is 8.38. The molecule has 0 spiro atoms. The van der Waals surface area contributed by atoms with E-state index in [2.05, 4.69) is 6.92 Å². The molecule has 21 heavy (non-hydrogen) atoms. The first kappa shape index (κ1) is 16.0. The number of hydrogen-bond donors (Lipinski definition) is 0. The predicted octanol–water partition coefficient (Wildman–Crippen LogP) is 1.91. The van der Waals surface area contributed by atoms with Crippen LogP contribution in [-0.4, -0.2) is 39.0 Å². The second-order valence-corrected chi connectivity index (χ2v) is 7.40. The van der Waals surface area contributed by atoms with Gasteiger partial charge in [0.2, 0.25) is 10.0 Å². The molecule has 1 aliphatic heterocycles. The van der Waals surface area contributed by atoms with Crippen LogP contribution in [0.25, 0.3) is 0 Å². The van der Waals surface area contributed by atoms with Crippen LogP contribution in [0.3, 0.4) is 0 Å². The van der Waals surface area contributed by atoms with Crippen molar-refractivity contribution in [1.82, 2.24) is 4.31 Å². The maximum atomic E-state index is 12.8. The lowest BCUT2D eigenvalue weighted by Crippen LogP contribution is -2.46. The molecule has 0 amide bonds. The molecule has 0 saturated carbocycles. The average molecular weight is 308 g/mol. The van der Waals surface area contributed by atoms with Gasteiger partial charge in [-0.15, -0.1) is 0 Å².